The summed E-state index contributed by atoms with van der Waals surface area (Å²) in [6.07, 6.45) is 3.61. The monoisotopic (exact) mass is 294 g/mol. The number of aromatic nitrogens is 3. The van der Waals surface area contributed by atoms with Crippen molar-refractivity contribution in [3.8, 4) is 6.01 Å². The summed E-state index contributed by atoms with van der Waals surface area (Å²) in [5, 5.41) is 0. The molecule has 1 fully saturated rings. The average Bonchev–Trinajstić information content (AvgIpc) is 2.52. The van der Waals surface area contributed by atoms with Gasteiger partial charge in [-0.25, -0.2) is 0 Å². The van der Waals surface area contributed by atoms with Gasteiger partial charge in [-0.05, 0) is 32.4 Å². The van der Waals surface area contributed by atoms with Crippen LogP contribution in [-0.4, -0.2) is 59.2 Å². The van der Waals surface area contributed by atoms with Gasteiger partial charge in [0.2, 0.25) is 11.9 Å². The highest BCUT2D eigenvalue weighted by molar-refractivity contribution is 5.36. The van der Waals surface area contributed by atoms with Gasteiger partial charge in [0.1, 0.15) is 6.61 Å². The molecular weight excluding hydrogens is 268 g/mol. The molecule has 1 aliphatic rings. The standard InChI is InChI=1S/C14H26N6O/c1-3-19(4-2)10-11-21-14-17-12(15)16-13(18-14)20-8-6-5-7-9-20/h3-11H2,1-2H3,(H2,15,16,17,18). The maximum Gasteiger partial charge on any atom is 0.323 e. The highest BCUT2D eigenvalue weighted by Crippen LogP contribution is 2.18. The van der Waals surface area contributed by atoms with Crippen LogP contribution in [0, 0.1) is 0 Å². The molecule has 2 heterocycles. The molecule has 2 rings (SSSR count). The van der Waals surface area contributed by atoms with E-state index >= 15 is 0 Å². The molecule has 0 saturated carbocycles. The molecule has 21 heavy (non-hydrogen) atoms. The summed E-state index contributed by atoms with van der Waals surface area (Å²) in [7, 11) is 0. The van der Waals surface area contributed by atoms with Gasteiger partial charge < -0.3 is 20.3 Å². The normalized spacial score (nSPS) is 15.5. The van der Waals surface area contributed by atoms with Crippen LogP contribution >= 0.6 is 0 Å². The zero-order valence-corrected chi connectivity index (χ0v) is 13.1. The highest BCUT2D eigenvalue weighted by atomic mass is 16.5. The first-order chi connectivity index (χ1) is 10.2. The lowest BCUT2D eigenvalue weighted by atomic mass is 10.1. The van der Waals surface area contributed by atoms with Crippen LogP contribution in [0.25, 0.3) is 0 Å². The van der Waals surface area contributed by atoms with E-state index in [1.807, 2.05) is 0 Å². The van der Waals surface area contributed by atoms with E-state index in [4.69, 9.17) is 10.5 Å². The first kappa shape index (κ1) is 15.8. The summed E-state index contributed by atoms with van der Waals surface area (Å²) >= 11 is 0. The van der Waals surface area contributed by atoms with Gasteiger partial charge in [0, 0.05) is 19.6 Å². The van der Waals surface area contributed by atoms with Crippen molar-refractivity contribution in [1.82, 2.24) is 19.9 Å². The van der Waals surface area contributed by atoms with Gasteiger partial charge in [-0.15, -0.1) is 0 Å². The van der Waals surface area contributed by atoms with Crippen molar-refractivity contribution in [3.63, 3.8) is 0 Å². The zero-order chi connectivity index (χ0) is 15.1. The van der Waals surface area contributed by atoms with E-state index in [0.29, 0.717) is 18.6 Å². The summed E-state index contributed by atoms with van der Waals surface area (Å²) in [5.74, 6) is 0.864. The molecule has 118 valence electrons. The van der Waals surface area contributed by atoms with Crippen molar-refractivity contribution in [2.75, 3.05) is 50.0 Å². The zero-order valence-electron chi connectivity index (χ0n) is 13.1. The number of likely N-dealkylation sites (N-methyl/N-ethyl adjacent to an activating group) is 1. The second kappa shape index (κ2) is 7.97. The molecule has 7 heteroatoms. The third kappa shape index (κ3) is 4.70. The molecule has 0 radical (unpaired) electrons. The van der Waals surface area contributed by atoms with E-state index in [2.05, 4.69) is 38.6 Å². The predicted octanol–water partition coefficient (Wildman–Crippen LogP) is 1.16. The molecule has 7 nitrogen and oxygen atoms in total. The quantitative estimate of drug-likeness (QED) is 0.808. The Bertz CT molecular complexity index is 431. The number of piperidine rings is 1. The van der Waals surface area contributed by atoms with Crippen LogP contribution in [0.5, 0.6) is 6.01 Å². The van der Waals surface area contributed by atoms with Crippen LogP contribution in [0.2, 0.25) is 0 Å². The van der Waals surface area contributed by atoms with Gasteiger partial charge in [0.25, 0.3) is 0 Å². The topological polar surface area (TPSA) is 80.4 Å². The van der Waals surface area contributed by atoms with Crippen LogP contribution in [-0.2, 0) is 0 Å². The van der Waals surface area contributed by atoms with Crippen molar-refractivity contribution in [3.05, 3.63) is 0 Å². The maximum absolute atomic E-state index is 5.77. The highest BCUT2D eigenvalue weighted by Gasteiger charge is 2.16. The minimum absolute atomic E-state index is 0.225. The molecule has 1 aromatic rings. The first-order valence-electron chi connectivity index (χ1n) is 7.84. The first-order valence-corrected chi connectivity index (χ1v) is 7.84. The fraction of sp³-hybridized carbons (Fsp3) is 0.786. The molecule has 0 aliphatic carbocycles. The van der Waals surface area contributed by atoms with E-state index in [1.54, 1.807) is 0 Å². The average molecular weight is 294 g/mol. The smallest absolute Gasteiger partial charge is 0.323 e. The van der Waals surface area contributed by atoms with Crippen LogP contribution in [0.3, 0.4) is 0 Å². The lowest BCUT2D eigenvalue weighted by molar-refractivity contribution is 0.212. The Morgan fingerprint density at radius 1 is 1.10 bits per heavy atom. The third-order valence-corrected chi connectivity index (χ3v) is 3.79. The molecular formula is C14H26N6O. The summed E-state index contributed by atoms with van der Waals surface area (Å²) in [5.41, 5.74) is 5.77. The Kier molecular flexibility index (Phi) is 5.98. The van der Waals surface area contributed by atoms with Gasteiger partial charge in [-0.2, -0.15) is 15.0 Å². The van der Waals surface area contributed by atoms with E-state index in [9.17, 15) is 0 Å². The SMILES string of the molecule is CCN(CC)CCOc1nc(N)nc(N2CCCCC2)n1. The minimum Gasteiger partial charge on any atom is -0.462 e. The number of rotatable bonds is 7. The second-order valence-corrected chi connectivity index (χ2v) is 5.20. The van der Waals surface area contributed by atoms with Crippen molar-refractivity contribution in [2.24, 2.45) is 0 Å². The number of hydrogen-bond donors (Lipinski definition) is 1. The molecule has 0 unspecified atom stereocenters. The second-order valence-electron chi connectivity index (χ2n) is 5.20. The molecule has 0 spiro atoms. The van der Waals surface area contributed by atoms with Crippen molar-refractivity contribution in [1.29, 1.82) is 0 Å². The van der Waals surface area contributed by atoms with E-state index in [0.717, 1.165) is 32.7 Å². The lowest BCUT2D eigenvalue weighted by Crippen LogP contribution is -2.31. The van der Waals surface area contributed by atoms with E-state index < -0.39 is 0 Å². The van der Waals surface area contributed by atoms with Crippen LogP contribution in [0.4, 0.5) is 11.9 Å². The van der Waals surface area contributed by atoms with Crippen molar-refractivity contribution >= 4 is 11.9 Å². The van der Waals surface area contributed by atoms with Gasteiger partial charge >= 0.3 is 6.01 Å². The van der Waals surface area contributed by atoms with Crippen molar-refractivity contribution in [2.45, 2.75) is 33.1 Å². The molecule has 1 aliphatic heterocycles. The largest absolute Gasteiger partial charge is 0.462 e. The summed E-state index contributed by atoms with van der Waals surface area (Å²) in [6, 6.07) is 0.329. The number of nitrogens with zero attached hydrogens (tertiary/aromatic N) is 5. The Hall–Kier alpha value is -1.63. The third-order valence-electron chi connectivity index (χ3n) is 3.79. The molecule has 0 aromatic carbocycles. The van der Waals surface area contributed by atoms with Gasteiger partial charge in [0.15, 0.2) is 0 Å². The van der Waals surface area contributed by atoms with Gasteiger partial charge in [0.05, 0.1) is 0 Å². The number of anilines is 2. The lowest BCUT2D eigenvalue weighted by Gasteiger charge is -2.26. The van der Waals surface area contributed by atoms with E-state index in [1.165, 1.54) is 19.3 Å². The molecule has 0 bridgehead atoms. The van der Waals surface area contributed by atoms with Gasteiger partial charge in [-0.1, -0.05) is 13.8 Å². The Labute approximate surface area is 126 Å². The van der Waals surface area contributed by atoms with E-state index in [-0.39, 0.29) is 5.95 Å². The number of nitrogen functional groups attached to an aromatic ring is 1. The summed E-state index contributed by atoms with van der Waals surface area (Å²) in [6.45, 7) is 9.67. The summed E-state index contributed by atoms with van der Waals surface area (Å²) in [4.78, 5) is 17.1. The molecule has 0 atom stereocenters. The summed E-state index contributed by atoms with van der Waals surface area (Å²) < 4.78 is 5.64. The van der Waals surface area contributed by atoms with Crippen LogP contribution < -0.4 is 15.4 Å². The molecule has 1 aromatic heterocycles. The fourth-order valence-corrected chi connectivity index (χ4v) is 2.47. The fourth-order valence-electron chi connectivity index (χ4n) is 2.47. The predicted molar refractivity (Wildman–Crippen MR) is 83.6 cm³/mol. The molecule has 2 N–H and O–H groups in total. The maximum atomic E-state index is 5.77. The van der Waals surface area contributed by atoms with Crippen LogP contribution in [0.1, 0.15) is 33.1 Å². The Morgan fingerprint density at radius 3 is 2.48 bits per heavy atom. The number of nitrogens with two attached hydrogens (primary N) is 1. The minimum atomic E-state index is 0.225. The Balaban J connectivity index is 1.94. The van der Waals surface area contributed by atoms with Crippen LogP contribution in [0.15, 0.2) is 0 Å². The molecule has 0 amide bonds. The number of ether oxygens (including phenoxy) is 1. The van der Waals surface area contributed by atoms with Gasteiger partial charge in [-0.3, -0.25) is 0 Å². The molecule has 1 saturated heterocycles. The number of hydrogen-bond acceptors (Lipinski definition) is 7. The Morgan fingerprint density at radius 2 is 1.81 bits per heavy atom. The van der Waals surface area contributed by atoms with Crippen molar-refractivity contribution < 1.29 is 4.74 Å².